The van der Waals surface area contributed by atoms with Gasteiger partial charge in [-0.25, -0.2) is 8.42 Å². The number of carbonyl (C=O) groups is 1. The Bertz CT molecular complexity index is 1010. The van der Waals surface area contributed by atoms with Crippen molar-refractivity contribution in [3.05, 3.63) is 58.7 Å². The summed E-state index contributed by atoms with van der Waals surface area (Å²) in [6.07, 6.45) is 6.25. The molecule has 0 radical (unpaired) electrons. The third kappa shape index (κ3) is 3.34. The second kappa shape index (κ2) is 6.68. The first-order valence-electron chi connectivity index (χ1n) is 9.39. The van der Waals surface area contributed by atoms with E-state index in [2.05, 4.69) is 11.4 Å². The normalized spacial score (nSPS) is 18.7. The molecule has 6 heteroatoms. The van der Waals surface area contributed by atoms with Crippen LogP contribution in [0.15, 0.2) is 36.4 Å². The van der Waals surface area contributed by atoms with Gasteiger partial charge in [-0.2, -0.15) is 0 Å². The van der Waals surface area contributed by atoms with Crippen LogP contribution in [0.3, 0.4) is 0 Å². The number of aryl methyl sites for hydroxylation is 1. The molecule has 0 fully saturated rings. The van der Waals surface area contributed by atoms with Crippen molar-refractivity contribution in [3.8, 4) is 0 Å². The van der Waals surface area contributed by atoms with Crippen molar-refractivity contribution in [2.24, 2.45) is 0 Å². The Kier molecular flexibility index (Phi) is 4.46. The molecule has 1 amide bonds. The van der Waals surface area contributed by atoms with Crippen molar-refractivity contribution in [2.75, 3.05) is 15.9 Å². The Morgan fingerprint density at radius 1 is 1.11 bits per heavy atom. The summed E-state index contributed by atoms with van der Waals surface area (Å²) >= 11 is 0. The highest BCUT2D eigenvalue weighted by Gasteiger charge is 2.32. The first-order chi connectivity index (χ1) is 12.8. The smallest absolute Gasteiger partial charge is 0.255 e. The van der Waals surface area contributed by atoms with Gasteiger partial charge in [0.05, 0.1) is 11.9 Å². The van der Waals surface area contributed by atoms with Crippen molar-refractivity contribution >= 4 is 27.3 Å². The van der Waals surface area contributed by atoms with Crippen LogP contribution >= 0.6 is 0 Å². The molecule has 1 unspecified atom stereocenters. The predicted octanol–water partition coefficient (Wildman–Crippen LogP) is 3.53. The van der Waals surface area contributed by atoms with E-state index >= 15 is 0 Å². The van der Waals surface area contributed by atoms with Gasteiger partial charge in [0.15, 0.2) is 0 Å². The summed E-state index contributed by atoms with van der Waals surface area (Å²) < 4.78 is 25.5. The van der Waals surface area contributed by atoms with E-state index in [4.69, 9.17) is 0 Å². The molecule has 1 heterocycles. The van der Waals surface area contributed by atoms with Gasteiger partial charge in [0.2, 0.25) is 10.0 Å². The maximum absolute atomic E-state index is 12.8. The average Bonchev–Trinajstić information content (AvgIpc) is 2.97. The summed E-state index contributed by atoms with van der Waals surface area (Å²) in [6, 6.07) is 11.2. The van der Waals surface area contributed by atoms with Gasteiger partial charge in [-0.05, 0) is 80.0 Å². The monoisotopic (exact) mass is 384 g/mol. The fourth-order valence-corrected chi connectivity index (χ4v) is 5.61. The quantitative estimate of drug-likeness (QED) is 0.880. The number of sulfonamides is 1. The predicted molar refractivity (Wildman–Crippen MR) is 108 cm³/mol. The Balaban J connectivity index is 1.61. The molecule has 0 spiro atoms. The number of hydrogen-bond donors (Lipinski definition) is 1. The molecule has 27 heavy (non-hydrogen) atoms. The lowest BCUT2D eigenvalue weighted by Gasteiger charge is -2.22. The van der Waals surface area contributed by atoms with Crippen molar-refractivity contribution in [2.45, 2.75) is 45.1 Å². The van der Waals surface area contributed by atoms with E-state index in [-0.39, 0.29) is 11.9 Å². The van der Waals surface area contributed by atoms with Crippen LogP contribution in [-0.2, 0) is 29.3 Å². The number of fused-ring (bicyclic) bond motifs is 2. The Morgan fingerprint density at radius 2 is 1.89 bits per heavy atom. The molecule has 1 aliphatic heterocycles. The minimum absolute atomic E-state index is 0.130. The van der Waals surface area contributed by atoms with Gasteiger partial charge < -0.3 is 5.32 Å². The highest BCUT2D eigenvalue weighted by atomic mass is 32.2. The number of anilines is 2. The molecule has 0 bridgehead atoms. The van der Waals surface area contributed by atoms with E-state index in [9.17, 15) is 13.2 Å². The summed E-state index contributed by atoms with van der Waals surface area (Å²) in [5, 5.41) is 3.06. The van der Waals surface area contributed by atoms with Crippen molar-refractivity contribution < 1.29 is 13.2 Å². The largest absolute Gasteiger partial charge is 0.322 e. The first-order valence-corrected chi connectivity index (χ1v) is 11.2. The molecule has 2 aromatic rings. The molecule has 1 aliphatic carbocycles. The molecule has 1 atom stereocenters. The zero-order valence-electron chi connectivity index (χ0n) is 15.7. The van der Waals surface area contributed by atoms with E-state index in [1.165, 1.54) is 28.1 Å². The Morgan fingerprint density at radius 3 is 2.67 bits per heavy atom. The van der Waals surface area contributed by atoms with Crippen molar-refractivity contribution in [1.29, 1.82) is 0 Å². The number of nitrogens with one attached hydrogen (secondary N) is 1. The van der Waals surface area contributed by atoms with Gasteiger partial charge in [-0.3, -0.25) is 9.10 Å². The van der Waals surface area contributed by atoms with Crippen LogP contribution in [0.5, 0.6) is 0 Å². The first kappa shape index (κ1) is 18.0. The molecule has 0 saturated carbocycles. The average molecular weight is 385 g/mol. The number of amides is 1. The van der Waals surface area contributed by atoms with Gasteiger partial charge in [-0.1, -0.05) is 12.1 Å². The Hall–Kier alpha value is -2.34. The molecule has 5 nitrogen and oxygen atoms in total. The second-order valence-corrected chi connectivity index (χ2v) is 9.42. The minimum Gasteiger partial charge on any atom is -0.322 e. The van der Waals surface area contributed by atoms with Gasteiger partial charge >= 0.3 is 0 Å². The standard InChI is InChI=1S/C21H24N2O3S/c1-14-12-17-13-16(10-11-20(17)23(14)27(2,25)26)21(24)22-19-9-5-7-15-6-3-4-8-18(15)19/h5,7,9-11,13-14H,3-4,6,8,12H2,1-2H3,(H,22,24). The number of carbonyl (C=O) groups excluding carboxylic acids is 1. The van der Waals surface area contributed by atoms with Crippen LogP contribution in [0.1, 0.15) is 46.8 Å². The van der Waals surface area contributed by atoms with Gasteiger partial charge in [-0.15, -0.1) is 0 Å². The highest BCUT2D eigenvalue weighted by molar-refractivity contribution is 7.92. The topological polar surface area (TPSA) is 66.5 Å². The molecular formula is C21H24N2O3S. The van der Waals surface area contributed by atoms with Crippen LogP contribution in [0.25, 0.3) is 0 Å². The SMILES string of the molecule is CC1Cc2cc(C(=O)Nc3cccc4c3CCCC4)ccc2N1S(C)(=O)=O. The van der Waals surface area contributed by atoms with E-state index in [0.29, 0.717) is 17.7 Å². The summed E-state index contributed by atoms with van der Waals surface area (Å²) in [7, 11) is -3.32. The molecule has 142 valence electrons. The van der Waals surface area contributed by atoms with Crippen LogP contribution in [0, 0.1) is 0 Å². The van der Waals surface area contributed by atoms with Crippen molar-refractivity contribution in [3.63, 3.8) is 0 Å². The van der Waals surface area contributed by atoms with Gasteiger partial charge in [0.25, 0.3) is 5.91 Å². The number of nitrogens with zero attached hydrogens (tertiary/aromatic N) is 1. The third-order valence-corrected chi connectivity index (χ3v) is 6.77. The number of benzene rings is 2. The van der Waals surface area contributed by atoms with E-state index in [1.807, 2.05) is 25.1 Å². The van der Waals surface area contributed by atoms with Crippen LogP contribution in [0.2, 0.25) is 0 Å². The molecule has 4 rings (SSSR count). The molecule has 2 aliphatic rings. The van der Waals surface area contributed by atoms with Crippen LogP contribution < -0.4 is 9.62 Å². The van der Waals surface area contributed by atoms with Gasteiger partial charge in [0.1, 0.15) is 0 Å². The molecule has 2 aromatic carbocycles. The Labute approximate surface area is 160 Å². The third-order valence-electron chi connectivity index (χ3n) is 5.50. The molecule has 1 N–H and O–H groups in total. The zero-order chi connectivity index (χ0) is 19.2. The van der Waals surface area contributed by atoms with Crippen LogP contribution in [0.4, 0.5) is 11.4 Å². The summed E-state index contributed by atoms with van der Waals surface area (Å²) in [6.45, 7) is 1.89. The van der Waals surface area contributed by atoms with E-state index in [1.54, 1.807) is 12.1 Å². The summed E-state index contributed by atoms with van der Waals surface area (Å²) in [5.41, 5.74) is 5.60. The minimum atomic E-state index is -3.32. The fourth-order valence-electron chi connectivity index (χ4n) is 4.34. The number of rotatable bonds is 3. The lowest BCUT2D eigenvalue weighted by atomic mass is 9.90. The summed E-state index contributed by atoms with van der Waals surface area (Å²) in [5.74, 6) is -0.151. The maximum atomic E-state index is 12.8. The molecule has 0 aromatic heterocycles. The van der Waals surface area contributed by atoms with Crippen LogP contribution in [-0.4, -0.2) is 26.6 Å². The zero-order valence-corrected chi connectivity index (χ0v) is 16.5. The lowest BCUT2D eigenvalue weighted by molar-refractivity contribution is 0.102. The fraction of sp³-hybridized carbons (Fsp3) is 0.381. The van der Waals surface area contributed by atoms with E-state index in [0.717, 1.165) is 30.5 Å². The molecule has 0 saturated heterocycles. The molecular weight excluding hydrogens is 360 g/mol. The highest BCUT2D eigenvalue weighted by Crippen LogP contribution is 2.35. The second-order valence-electron chi connectivity index (χ2n) is 7.56. The lowest BCUT2D eigenvalue weighted by Crippen LogP contribution is -2.34. The van der Waals surface area contributed by atoms with Gasteiger partial charge in [0, 0.05) is 17.3 Å². The van der Waals surface area contributed by atoms with Crippen molar-refractivity contribution in [1.82, 2.24) is 0 Å². The van der Waals surface area contributed by atoms with E-state index < -0.39 is 10.0 Å². The maximum Gasteiger partial charge on any atom is 0.255 e. The summed E-state index contributed by atoms with van der Waals surface area (Å²) in [4.78, 5) is 12.8. The number of hydrogen-bond acceptors (Lipinski definition) is 3.